The largest absolute Gasteiger partial charge is 0.334 e. The highest BCUT2D eigenvalue weighted by atomic mass is 15.2. The van der Waals surface area contributed by atoms with Crippen molar-refractivity contribution in [3.05, 3.63) is 18.2 Å². The molecule has 1 saturated heterocycles. The number of likely N-dealkylation sites (tertiary alicyclic amines) is 1. The predicted octanol–water partition coefficient (Wildman–Crippen LogP) is 1.46. The van der Waals surface area contributed by atoms with Crippen LogP contribution in [0.1, 0.15) is 32.4 Å². The van der Waals surface area contributed by atoms with Gasteiger partial charge in [0.15, 0.2) is 0 Å². The highest BCUT2D eigenvalue weighted by Gasteiger charge is 2.23. The van der Waals surface area contributed by atoms with Crippen LogP contribution in [0.4, 0.5) is 0 Å². The van der Waals surface area contributed by atoms with Gasteiger partial charge in [0.2, 0.25) is 0 Å². The molecule has 1 fully saturated rings. The number of nitrogens with two attached hydrogens (primary N) is 1. The highest BCUT2D eigenvalue weighted by Crippen LogP contribution is 2.20. The third kappa shape index (κ3) is 3.07. The molecule has 0 aliphatic carbocycles. The third-order valence-corrected chi connectivity index (χ3v) is 3.81. The van der Waals surface area contributed by atoms with Gasteiger partial charge in [0.1, 0.15) is 0 Å². The van der Waals surface area contributed by atoms with Gasteiger partial charge < -0.3 is 10.3 Å². The lowest BCUT2D eigenvalue weighted by atomic mass is 9.92. The molecule has 4 heteroatoms. The Morgan fingerprint density at radius 1 is 1.59 bits per heavy atom. The van der Waals surface area contributed by atoms with E-state index in [0.717, 1.165) is 19.6 Å². The van der Waals surface area contributed by atoms with E-state index in [9.17, 15) is 0 Å². The number of imidazole rings is 1. The summed E-state index contributed by atoms with van der Waals surface area (Å²) in [4.78, 5) is 6.74. The van der Waals surface area contributed by atoms with Crippen LogP contribution in [0, 0.1) is 5.92 Å². The number of aromatic nitrogens is 2. The molecule has 0 bridgehead atoms. The molecule has 2 unspecified atom stereocenters. The Morgan fingerprint density at radius 3 is 3.12 bits per heavy atom. The van der Waals surface area contributed by atoms with Crippen molar-refractivity contribution in [2.75, 3.05) is 13.1 Å². The average Bonchev–Trinajstić information content (AvgIpc) is 2.76. The number of hydrogen-bond donors (Lipinski definition) is 1. The lowest BCUT2D eigenvalue weighted by Crippen LogP contribution is -2.42. The number of hydrogen-bond acceptors (Lipinski definition) is 3. The van der Waals surface area contributed by atoms with Crippen LogP contribution < -0.4 is 5.73 Å². The number of aryl methyl sites for hydroxylation is 1. The highest BCUT2D eigenvalue weighted by molar-refractivity contribution is 4.98. The molecule has 0 amide bonds. The molecule has 0 aromatic carbocycles. The summed E-state index contributed by atoms with van der Waals surface area (Å²) in [5.41, 5.74) is 7.33. The lowest BCUT2D eigenvalue weighted by Gasteiger charge is -2.34. The maximum atomic E-state index is 6.01. The van der Waals surface area contributed by atoms with Gasteiger partial charge in [0, 0.05) is 31.9 Å². The van der Waals surface area contributed by atoms with Crippen molar-refractivity contribution in [1.82, 2.24) is 14.5 Å². The molecule has 1 aromatic rings. The number of nitrogens with zero attached hydrogens (tertiary/aromatic N) is 3. The van der Waals surface area contributed by atoms with Crippen LogP contribution >= 0.6 is 0 Å². The van der Waals surface area contributed by atoms with Crippen LogP contribution in [0.25, 0.3) is 0 Å². The minimum atomic E-state index is 0.314. The lowest BCUT2D eigenvalue weighted by molar-refractivity contribution is 0.151. The summed E-state index contributed by atoms with van der Waals surface area (Å²) >= 11 is 0. The Bertz CT molecular complexity index is 345. The molecule has 1 aliphatic heterocycles. The van der Waals surface area contributed by atoms with Crippen LogP contribution in [0.2, 0.25) is 0 Å². The Labute approximate surface area is 104 Å². The van der Waals surface area contributed by atoms with Crippen molar-refractivity contribution in [2.45, 2.75) is 45.8 Å². The van der Waals surface area contributed by atoms with Crippen LogP contribution in [-0.2, 0) is 13.1 Å². The summed E-state index contributed by atoms with van der Waals surface area (Å²) in [6, 6.07) is 0.314. The fourth-order valence-electron chi connectivity index (χ4n) is 2.66. The molecule has 1 aliphatic rings. The normalized spacial score (nSPS) is 23.8. The summed E-state index contributed by atoms with van der Waals surface area (Å²) in [7, 11) is 0. The van der Waals surface area contributed by atoms with Gasteiger partial charge >= 0.3 is 0 Å². The topological polar surface area (TPSA) is 47.1 Å². The van der Waals surface area contributed by atoms with Gasteiger partial charge in [-0.05, 0) is 39.2 Å². The smallest absolute Gasteiger partial charge is 0.0948 e. The summed E-state index contributed by atoms with van der Waals surface area (Å²) in [6.07, 6.45) is 6.45. The second-order valence-corrected chi connectivity index (χ2v) is 5.17. The summed E-state index contributed by atoms with van der Waals surface area (Å²) in [5.74, 6) is 0.654. The first-order valence-electron chi connectivity index (χ1n) is 6.67. The number of piperidine rings is 1. The van der Waals surface area contributed by atoms with Crippen molar-refractivity contribution in [3.63, 3.8) is 0 Å². The Morgan fingerprint density at radius 2 is 2.41 bits per heavy atom. The predicted molar refractivity (Wildman–Crippen MR) is 69.6 cm³/mol. The summed E-state index contributed by atoms with van der Waals surface area (Å²) in [5, 5.41) is 0. The molecular formula is C13H24N4. The zero-order valence-corrected chi connectivity index (χ0v) is 11.0. The van der Waals surface area contributed by atoms with E-state index in [4.69, 9.17) is 5.73 Å². The van der Waals surface area contributed by atoms with Crippen LogP contribution in [0.15, 0.2) is 12.5 Å². The minimum absolute atomic E-state index is 0.314. The van der Waals surface area contributed by atoms with Gasteiger partial charge in [0.25, 0.3) is 0 Å². The molecule has 17 heavy (non-hydrogen) atoms. The second-order valence-electron chi connectivity index (χ2n) is 5.17. The summed E-state index contributed by atoms with van der Waals surface area (Å²) in [6.45, 7) is 8.62. The van der Waals surface area contributed by atoms with Gasteiger partial charge in [-0.2, -0.15) is 0 Å². The molecule has 2 rings (SSSR count). The maximum absolute atomic E-state index is 6.01. The van der Waals surface area contributed by atoms with E-state index >= 15 is 0 Å². The molecule has 0 radical (unpaired) electrons. The second kappa shape index (κ2) is 5.65. The Kier molecular flexibility index (Phi) is 4.18. The molecule has 96 valence electrons. The molecular weight excluding hydrogens is 212 g/mol. The van der Waals surface area contributed by atoms with E-state index in [0.29, 0.717) is 12.0 Å². The fourth-order valence-corrected chi connectivity index (χ4v) is 2.66. The van der Waals surface area contributed by atoms with Crippen molar-refractivity contribution < 1.29 is 0 Å². The SMILES string of the molecule is CCn1cncc1CN1CCCC(C(C)N)C1. The van der Waals surface area contributed by atoms with Gasteiger partial charge in [0.05, 0.1) is 12.0 Å². The monoisotopic (exact) mass is 236 g/mol. The quantitative estimate of drug-likeness (QED) is 0.861. The van der Waals surface area contributed by atoms with Crippen LogP contribution in [0.5, 0.6) is 0 Å². The van der Waals surface area contributed by atoms with Crippen LogP contribution in [-0.4, -0.2) is 33.6 Å². The minimum Gasteiger partial charge on any atom is -0.334 e. The molecule has 1 aromatic heterocycles. The van der Waals surface area contributed by atoms with Gasteiger partial charge in [-0.25, -0.2) is 4.98 Å². The van der Waals surface area contributed by atoms with E-state index < -0.39 is 0 Å². The maximum Gasteiger partial charge on any atom is 0.0948 e. The van der Waals surface area contributed by atoms with Gasteiger partial charge in [-0.3, -0.25) is 4.90 Å². The summed E-state index contributed by atoms with van der Waals surface area (Å²) < 4.78 is 2.22. The molecule has 0 spiro atoms. The first-order chi connectivity index (χ1) is 8.20. The molecule has 2 N–H and O–H groups in total. The molecule has 0 saturated carbocycles. The van der Waals surface area contributed by atoms with Crippen molar-refractivity contribution in [1.29, 1.82) is 0 Å². The molecule has 4 nitrogen and oxygen atoms in total. The van der Waals surface area contributed by atoms with Crippen molar-refractivity contribution >= 4 is 0 Å². The number of rotatable bonds is 4. The van der Waals surface area contributed by atoms with E-state index in [-0.39, 0.29) is 0 Å². The van der Waals surface area contributed by atoms with E-state index in [1.165, 1.54) is 25.1 Å². The Balaban J connectivity index is 1.94. The van der Waals surface area contributed by atoms with E-state index in [1.807, 2.05) is 12.5 Å². The van der Waals surface area contributed by atoms with Crippen LogP contribution in [0.3, 0.4) is 0 Å². The van der Waals surface area contributed by atoms with Gasteiger partial charge in [-0.15, -0.1) is 0 Å². The van der Waals surface area contributed by atoms with E-state index in [2.05, 4.69) is 28.3 Å². The Hall–Kier alpha value is -0.870. The van der Waals surface area contributed by atoms with Crippen molar-refractivity contribution in [3.8, 4) is 0 Å². The fraction of sp³-hybridized carbons (Fsp3) is 0.769. The molecule has 2 heterocycles. The third-order valence-electron chi connectivity index (χ3n) is 3.81. The zero-order chi connectivity index (χ0) is 12.3. The van der Waals surface area contributed by atoms with Crippen molar-refractivity contribution in [2.24, 2.45) is 11.7 Å². The molecule has 2 atom stereocenters. The standard InChI is InChI=1S/C13H24N4/c1-3-17-10-15-7-13(17)9-16-6-4-5-12(8-16)11(2)14/h7,10-12H,3-6,8-9,14H2,1-2H3. The first-order valence-corrected chi connectivity index (χ1v) is 6.67. The van der Waals surface area contributed by atoms with Gasteiger partial charge in [-0.1, -0.05) is 0 Å². The zero-order valence-electron chi connectivity index (χ0n) is 11.0. The first kappa shape index (κ1) is 12.6. The van der Waals surface area contributed by atoms with E-state index in [1.54, 1.807) is 0 Å². The average molecular weight is 236 g/mol.